The summed E-state index contributed by atoms with van der Waals surface area (Å²) in [4.78, 5) is 172. The van der Waals surface area contributed by atoms with E-state index in [1.165, 1.54) is 23.1 Å². The van der Waals surface area contributed by atoms with Crippen LogP contribution in [-0.4, -0.2) is 214 Å². The lowest BCUT2D eigenvalue weighted by molar-refractivity contribution is -0.143. The molecule has 12 amide bonds. The smallest absolute Gasteiger partial charge is 0.279 e. The van der Waals surface area contributed by atoms with E-state index in [4.69, 9.17) is 15.2 Å². The number of nitrogens with two attached hydrogens (primary N) is 1. The lowest BCUT2D eigenvalue weighted by Crippen LogP contribution is -2.61. The summed E-state index contributed by atoms with van der Waals surface area (Å²) in [5, 5.41) is 40.5. The molecule has 3 saturated heterocycles. The van der Waals surface area contributed by atoms with Gasteiger partial charge in [0.1, 0.15) is 36.0 Å². The van der Waals surface area contributed by atoms with Crippen molar-refractivity contribution >= 4 is 106 Å². The standard InChI is InChI=1S/C59H86N15O17PS/c1-7-11-35-51(81)69-37-24-34-33-14-13-31(66-44(77)12-10-18-63-92(88,64-19-17-59(5,6)90-9-3)65-20-21-73-57(86)47-41-15-16-42(91-41)48(47)58(73)87)22-36(33)71-55(34)93(89)29-39(67-45(78)26-62-54(84)49(30(4)8-2)72-46(79)27-61-50(37)80)52(82)70-38(25-43(60)76)56(85)74-28-32(75)23-40(74)53(83)68-35/h13-16,22,30,32,35,37-42,47-49,71,75H,7-12,17-21,23-29H2,1-6H3,(H2,60,76)(H,61,80)(H,62,84)(H,66,77)(H,67,78)(H,68,83)(H,69,81)(H,70,82)(H,72,79)(H3,63,64,65,88)/t30-,32+,35-,37-,38?,39-,40-,41?,42?,47?,48?,49-,92?,93?/m0/s1. The van der Waals surface area contributed by atoms with Gasteiger partial charge in [-0.2, -0.15) is 0 Å². The average Bonchev–Trinajstić information content (AvgIpc) is 1.58. The van der Waals surface area contributed by atoms with Crippen molar-refractivity contribution in [2.24, 2.45) is 23.5 Å². The van der Waals surface area contributed by atoms with Crippen LogP contribution in [-0.2, 0) is 89.2 Å². The second-order valence-corrected chi connectivity index (χ2v) is 28.3. The Bertz CT molecular complexity index is 3270. The van der Waals surface area contributed by atoms with Gasteiger partial charge in [-0.15, -0.1) is 0 Å². The minimum atomic E-state index is -3.65. The summed E-state index contributed by atoms with van der Waals surface area (Å²) in [6, 6.07) is -4.91. The fourth-order valence-corrected chi connectivity index (χ4v) is 15.4. The van der Waals surface area contributed by atoms with E-state index in [1.807, 2.05) is 20.8 Å². The number of primary amides is 1. The molecule has 1 aromatic heterocycles. The third-order valence-electron chi connectivity index (χ3n) is 17.3. The minimum Gasteiger partial charge on any atom is -0.610 e. The van der Waals surface area contributed by atoms with E-state index in [0.29, 0.717) is 25.9 Å². The summed E-state index contributed by atoms with van der Waals surface area (Å²) in [6.07, 6.45) is 0.825. The zero-order chi connectivity index (χ0) is 67.6. The van der Waals surface area contributed by atoms with Gasteiger partial charge in [-0.05, 0) is 58.1 Å². The van der Waals surface area contributed by atoms with Gasteiger partial charge in [-0.3, -0.25) is 67.0 Å². The summed E-state index contributed by atoms with van der Waals surface area (Å²) < 4.78 is 41.2. The molecule has 32 nitrogen and oxygen atoms in total. The van der Waals surface area contributed by atoms with E-state index < -0.39 is 194 Å². The molecular weight excluding hydrogens is 1250 g/mol. The van der Waals surface area contributed by atoms with Gasteiger partial charge in [-0.1, -0.05) is 51.8 Å². The Kier molecular flexibility index (Phi) is 24.0. The maximum absolute atomic E-state index is 15.2. The van der Waals surface area contributed by atoms with Crippen molar-refractivity contribution in [3.05, 3.63) is 35.9 Å². The maximum Gasteiger partial charge on any atom is 0.279 e. The van der Waals surface area contributed by atoms with Gasteiger partial charge in [0.25, 0.3) is 7.59 Å². The van der Waals surface area contributed by atoms with E-state index in [1.54, 1.807) is 32.9 Å². The normalized spacial score (nSPS) is 28.5. The van der Waals surface area contributed by atoms with Gasteiger partial charge in [-0.25, -0.2) is 15.3 Å². The molecule has 8 rings (SSSR count). The number of amides is 12. The summed E-state index contributed by atoms with van der Waals surface area (Å²) in [6.45, 7) is 9.46. The first-order valence-electron chi connectivity index (χ1n) is 31.5. The van der Waals surface area contributed by atoms with Crippen LogP contribution >= 0.6 is 7.59 Å². The second kappa shape index (κ2) is 31.3. The number of aromatic nitrogens is 1. The number of hydrogen-bond acceptors (Lipinski definition) is 17. The van der Waals surface area contributed by atoms with E-state index in [-0.39, 0.29) is 90.9 Å². The molecule has 3 fully saturated rings. The molecule has 6 aliphatic heterocycles. The molecule has 0 saturated carbocycles. The molecule has 0 radical (unpaired) electrons. The number of rotatable bonds is 22. The molecule has 14 atom stereocenters. The Hall–Kier alpha value is -7.36. The highest BCUT2D eigenvalue weighted by Crippen LogP contribution is 2.45. The number of nitrogens with zero attached hydrogens (tertiary/aromatic N) is 2. The first-order chi connectivity index (χ1) is 44.1. The molecule has 34 heteroatoms. The van der Waals surface area contributed by atoms with Crippen LogP contribution < -0.4 is 63.5 Å². The number of hydrogen-bond donors (Lipinski definition) is 14. The topological polar surface area (TPSA) is 464 Å². The highest BCUT2D eigenvalue weighted by molar-refractivity contribution is 7.91. The van der Waals surface area contributed by atoms with Crippen LogP contribution in [0, 0.1) is 17.8 Å². The Morgan fingerprint density at radius 2 is 1.48 bits per heavy atom. The Morgan fingerprint density at radius 3 is 2.15 bits per heavy atom. The highest BCUT2D eigenvalue weighted by Gasteiger charge is 2.60. The number of aliphatic hydroxyl groups is 1. The third-order valence-corrected chi connectivity index (χ3v) is 20.8. The lowest BCUT2D eigenvalue weighted by Gasteiger charge is -2.30. The number of aromatic amines is 1. The summed E-state index contributed by atoms with van der Waals surface area (Å²) in [5.41, 5.74) is 5.55. The van der Waals surface area contributed by atoms with Gasteiger partial charge in [0.05, 0.1) is 60.8 Å². The van der Waals surface area contributed by atoms with E-state index in [0.717, 1.165) is 4.90 Å². The van der Waals surface area contributed by atoms with Gasteiger partial charge < -0.3 is 77.3 Å². The monoisotopic (exact) mass is 1340 g/mol. The fraction of sp³-hybridized carbons (Fsp3) is 0.627. The second-order valence-electron chi connectivity index (χ2n) is 24.7. The van der Waals surface area contributed by atoms with Crippen molar-refractivity contribution in [2.45, 2.75) is 165 Å². The van der Waals surface area contributed by atoms with Crippen LogP contribution in [0.25, 0.3) is 10.9 Å². The van der Waals surface area contributed by atoms with Crippen molar-refractivity contribution in [1.82, 2.24) is 67.3 Å². The highest BCUT2D eigenvalue weighted by atomic mass is 32.2. The van der Waals surface area contributed by atoms with Gasteiger partial charge in [0, 0.05) is 86.4 Å². The zero-order valence-electron chi connectivity index (χ0n) is 52.8. The Morgan fingerprint density at radius 1 is 0.828 bits per heavy atom. The molecule has 7 unspecified atom stereocenters. The molecule has 1 aromatic carbocycles. The molecule has 4 bridgehead atoms. The van der Waals surface area contributed by atoms with Gasteiger partial charge in [0.15, 0.2) is 6.04 Å². The summed E-state index contributed by atoms with van der Waals surface area (Å²) >= 11 is -2.44. The Balaban J connectivity index is 1.07. The van der Waals surface area contributed by atoms with Crippen molar-refractivity contribution in [3.63, 3.8) is 0 Å². The predicted octanol–water partition coefficient (Wildman–Crippen LogP) is -3.08. The maximum atomic E-state index is 15.2. The van der Waals surface area contributed by atoms with Crippen molar-refractivity contribution in [3.8, 4) is 0 Å². The van der Waals surface area contributed by atoms with Gasteiger partial charge >= 0.3 is 0 Å². The molecule has 0 spiro atoms. The number of likely N-dealkylation sites (tertiary alicyclic amines) is 1. The minimum absolute atomic E-state index is 0.0225. The number of benzene rings is 1. The average molecular weight is 1340 g/mol. The lowest BCUT2D eigenvalue weighted by atomic mass is 9.85. The number of imide groups is 1. The van der Waals surface area contributed by atoms with Crippen LogP contribution in [0.15, 0.2) is 35.4 Å². The van der Waals surface area contributed by atoms with Crippen LogP contribution in [0.2, 0.25) is 0 Å². The number of nitrogens with one attached hydrogen (secondary N) is 12. The van der Waals surface area contributed by atoms with Crippen molar-refractivity contribution in [1.29, 1.82) is 0 Å². The fourth-order valence-electron chi connectivity index (χ4n) is 12.3. The molecule has 6 aliphatic rings. The summed E-state index contributed by atoms with van der Waals surface area (Å²) in [7, 11) is -3.65. The molecule has 510 valence electrons. The molecule has 7 heterocycles. The number of carbonyl (C=O) groups is 12. The summed E-state index contributed by atoms with van der Waals surface area (Å²) in [5.74, 6) is -12.4. The van der Waals surface area contributed by atoms with Crippen LogP contribution in [0.1, 0.15) is 98.5 Å². The van der Waals surface area contributed by atoms with Crippen LogP contribution in [0.3, 0.4) is 0 Å². The van der Waals surface area contributed by atoms with E-state index in [9.17, 15) is 67.2 Å². The third kappa shape index (κ3) is 17.7. The number of fused-ring (bicyclic) bond motifs is 10. The van der Waals surface area contributed by atoms with E-state index in [2.05, 4.69) is 62.8 Å². The molecule has 0 aliphatic carbocycles. The first kappa shape index (κ1) is 71.5. The SMILES string of the molecule is CCC[C@@H]1NC(=O)[C@@H]2C[C@@H](O)CN2C(=O)C(CC(N)=O)NC(=O)[C@@H]2C[S+]([O-])c3[nH]c4cc(NC(=O)CCCNP(=O)(NCCN5C(=O)C6C7C=CC(O7)C6C5=O)NCCC(C)(C)OCC)ccc4c3C[C@H](NC1=O)C(=O)NCC(=O)N[C@@H]([C@@H](C)CC)C(=O)NCC(=O)N2. The molecular formula is C59H86N15O17PS. The number of carbonyl (C=O) groups excluding carboxylic acids is 12. The first-order valence-corrected chi connectivity index (χ1v) is 34.5. The number of ether oxygens (including phenoxy) is 2. The molecule has 2 aromatic rings. The largest absolute Gasteiger partial charge is 0.610 e. The van der Waals surface area contributed by atoms with Crippen LogP contribution in [0.4, 0.5) is 5.69 Å². The van der Waals surface area contributed by atoms with Gasteiger partial charge in [0.2, 0.25) is 75.9 Å². The Labute approximate surface area is 540 Å². The number of anilines is 1. The molecule has 93 heavy (non-hydrogen) atoms. The molecule has 15 N–H and O–H groups in total. The quantitative estimate of drug-likeness (QED) is 0.0183. The number of H-pyrrole nitrogens is 1. The van der Waals surface area contributed by atoms with E-state index >= 15 is 4.55 Å². The predicted molar refractivity (Wildman–Crippen MR) is 335 cm³/mol. The zero-order valence-corrected chi connectivity index (χ0v) is 54.6. The van der Waals surface area contributed by atoms with Crippen LogP contribution in [0.5, 0.6) is 0 Å². The number of aliphatic hydroxyl groups excluding tert-OH is 1. The van der Waals surface area contributed by atoms with Crippen molar-refractivity contribution < 1.29 is 81.2 Å². The van der Waals surface area contributed by atoms with Crippen molar-refractivity contribution in [2.75, 3.05) is 63.5 Å².